The molecule has 11 nitrogen and oxygen atoms in total. The third-order valence-corrected chi connectivity index (χ3v) is 8.78. The van der Waals surface area contributed by atoms with Crippen molar-refractivity contribution in [2.24, 2.45) is 5.92 Å². The summed E-state index contributed by atoms with van der Waals surface area (Å²) in [6, 6.07) is 2.02. The molecule has 0 aromatic carbocycles. The smallest absolute Gasteiger partial charge is 0.284 e. The van der Waals surface area contributed by atoms with Gasteiger partial charge in [0.15, 0.2) is 10.8 Å². The highest BCUT2D eigenvalue weighted by Gasteiger charge is 2.44. The fourth-order valence-electron chi connectivity index (χ4n) is 5.08. The van der Waals surface area contributed by atoms with Gasteiger partial charge in [-0.3, -0.25) is 14.4 Å². The molecule has 12 heteroatoms. The van der Waals surface area contributed by atoms with Crippen molar-refractivity contribution in [1.82, 2.24) is 25.1 Å². The zero-order valence-electron chi connectivity index (χ0n) is 20.9. The molecule has 2 fully saturated rings. The second-order valence-electron chi connectivity index (χ2n) is 9.69. The molecule has 2 N–H and O–H groups in total. The Kier molecular flexibility index (Phi) is 8.70. The highest BCUT2D eigenvalue weighted by atomic mass is 32.2. The fourth-order valence-corrected chi connectivity index (χ4v) is 6.64. The van der Waals surface area contributed by atoms with E-state index < -0.39 is 39.7 Å². The first-order valence-corrected chi connectivity index (χ1v) is 14.2. The Labute approximate surface area is 216 Å². The number of sulfonamides is 1. The predicted octanol–water partition coefficient (Wildman–Crippen LogP) is 1.99. The maximum Gasteiger partial charge on any atom is 0.284 e. The van der Waals surface area contributed by atoms with Crippen molar-refractivity contribution in [1.29, 1.82) is 0 Å². The number of carbonyl (C=O) groups is 3. The summed E-state index contributed by atoms with van der Waals surface area (Å²) in [5.41, 5.74) is 0.514. The molecule has 2 atom stereocenters. The van der Waals surface area contributed by atoms with E-state index in [0.29, 0.717) is 23.0 Å². The number of hydrogen-bond donors (Lipinski definition) is 2. The minimum Gasteiger partial charge on any atom is -0.364 e. The number of amides is 2. The molecule has 3 heterocycles. The minimum absolute atomic E-state index is 0.0499. The maximum atomic E-state index is 14.2. The Morgan fingerprint density at radius 2 is 1.97 bits per heavy atom. The SMILES string of the molecule is Cc1nocc1C(=O)N[C@@H](CC1CCCCC1)C(=O)N([C@H]1CCCNCC1=O)S(=O)(=O)c1ccccn1. The van der Waals surface area contributed by atoms with E-state index in [0.717, 1.165) is 32.1 Å². The van der Waals surface area contributed by atoms with Gasteiger partial charge in [0.25, 0.3) is 21.8 Å². The van der Waals surface area contributed by atoms with Crippen LogP contribution in [0.2, 0.25) is 0 Å². The van der Waals surface area contributed by atoms with Gasteiger partial charge in [0.05, 0.1) is 12.2 Å². The average Bonchev–Trinajstić information content (AvgIpc) is 3.23. The second kappa shape index (κ2) is 12.0. The van der Waals surface area contributed by atoms with Gasteiger partial charge in [0, 0.05) is 6.20 Å². The molecular weight excluding hydrogens is 498 g/mol. The van der Waals surface area contributed by atoms with Gasteiger partial charge >= 0.3 is 0 Å². The quantitative estimate of drug-likeness (QED) is 0.521. The predicted molar refractivity (Wildman–Crippen MR) is 133 cm³/mol. The standard InChI is InChI=1S/C25H33N5O6S/c1-17-19(16-36-29-17)24(32)28-20(14-18-8-3-2-4-9-18)25(33)30(21-10-7-12-26-15-22(21)31)37(34,35)23-11-5-6-13-27-23/h5-6,11,13,16,18,20-21,26H,2-4,7-10,12,14-15H2,1H3,(H,28,32)/t20-,21-/m0/s1. The van der Waals surface area contributed by atoms with Gasteiger partial charge in [0.2, 0.25) is 0 Å². The molecule has 2 aromatic rings. The van der Waals surface area contributed by atoms with E-state index in [4.69, 9.17) is 4.52 Å². The molecule has 0 radical (unpaired) electrons. The summed E-state index contributed by atoms with van der Waals surface area (Å²) in [6.07, 6.45) is 8.34. The van der Waals surface area contributed by atoms with Crippen LogP contribution in [0.25, 0.3) is 0 Å². The third kappa shape index (κ3) is 6.24. The van der Waals surface area contributed by atoms with Gasteiger partial charge in [0.1, 0.15) is 23.9 Å². The van der Waals surface area contributed by atoms with Crippen molar-refractivity contribution < 1.29 is 27.3 Å². The maximum absolute atomic E-state index is 14.2. The van der Waals surface area contributed by atoms with Crippen molar-refractivity contribution in [3.63, 3.8) is 0 Å². The third-order valence-electron chi connectivity index (χ3n) is 7.06. The van der Waals surface area contributed by atoms with Crippen LogP contribution in [-0.2, 0) is 19.6 Å². The van der Waals surface area contributed by atoms with Gasteiger partial charge < -0.3 is 15.2 Å². The first-order chi connectivity index (χ1) is 17.8. The number of carbonyl (C=O) groups excluding carboxylic acids is 3. The van der Waals surface area contributed by atoms with Crippen LogP contribution < -0.4 is 10.6 Å². The Balaban J connectivity index is 1.73. The summed E-state index contributed by atoms with van der Waals surface area (Å²) in [6.45, 7) is 2.08. The number of rotatable bonds is 8. The first kappa shape index (κ1) is 26.9. The number of pyridine rings is 1. The monoisotopic (exact) mass is 531 g/mol. The van der Waals surface area contributed by atoms with Crippen molar-refractivity contribution in [3.05, 3.63) is 41.9 Å². The molecule has 1 aliphatic heterocycles. The number of ketones is 1. The number of hydrogen-bond acceptors (Lipinski definition) is 9. The second-order valence-corrected chi connectivity index (χ2v) is 11.4. The number of Topliss-reactive ketones (excluding diaryl/α,β-unsaturated/α-hetero) is 1. The van der Waals surface area contributed by atoms with Crippen molar-refractivity contribution in [3.8, 4) is 0 Å². The summed E-state index contributed by atoms with van der Waals surface area (Å²) in [5.74, 6) is -1.68. The summed E-state index contributed by atoms with van der Waals surface area (Å²) >= 11 is 0. The molecular formula is C25H33N5O6S. The van der Waals surface area contributed by atoms with Gasteiger partial charge in [-0.2, -0.15) is 8.42 Å². The van der Waals surface area contributed by atoms with E-state index in [1.54, 1.807) is 13.0 Å². The molecule has 2 aromatic heterocycles. The Morgan fingerprint density at radius 3 is 2.65 bits per heavy atom. The van der Waals surface area contributed by atoms with E-state index in [-0.39, 0.29) is 35.9 Å². The molecule has 0 bridgehead atoms. The Bertz CT molecular complexity index is 1210. The van der Waals surface area contributed by atoms with E-state index in [1.807, 2.05) is 0 Å². The molecule has 4 rings (SSSR count). The van der Waals surface area contributed by atoms with E-state index in [1.165, 1.54) is 24.6 Å². The van der Waals surface area contributed by atoms with Crippen LogP contribution in [0.15, 0.2) is 40.2 Å². The molecule has 2 aliphatic rings. The van der Waals surface area contributed by atoms with Crippen LogP contribution in [0.5, 0.6) is 0 Å². The molecule has 1 saturated heterocycles. The summed E-state index contributed by atoms with van der Waals surface area (Å²) in [5, 5.41) is 9.12. The van der Waals surface area contributed by atoms with E-state index in [2.05, 4.69) is 20.8 Å². The molecule has 1 aliphatic carbocycles. The largest absolute Gasteiger partial charge is 0.364 e. The summed E-state index contributed by atoms with van der Waals surface area (Å²) in [7, 11) is -4.49. The molecule has 0 unspecified atom stereocenters. The lowest BCUT2D eigenvalue weighted by molar-refractivity contribution is -0.135. The zero-order valence-corrected chi connectivity index (χ0v) is 21.7. The average molecular weight is 532 g/mol. The van der Waals surface area contributed by atoms with Gasteiger partial charge in [-0.05, 0) is 50.8 Å². The summed E-state index contributed by atoms with van der Waals surface area (Å²) in [4.78, 5) is 44.3. The molecule has 1 saturated carbocycles. The van der Waals surface area contributed by atoms with Crippen LogP contribution in [0.3, 0.4) is 0 Å². The molecule has 37 heavy (non-hydrogen) atoms. The molecule has 200 valence electrons. The Hall–Kier alpha value is -3.12. The lowest BCUT2D eigenvalue weighted by atomic mass is 9.84. The number of nitrogens with one attached hydrogen (secondary N) is 2. The van der Waals surface area contributed by atoms with Crippen LogP contribution in [0.1, 0.15) is 67.4 Å². The minimum atomic E-state index is -4.49. The molecule has 0 spiro atoms. The Morgan fingerprint density at radius 1 is 1.19 bits per heavy atom. The van der Waals surface area contributed by atoms with Crippen LogP contribution in [-0.4, -0.2) is 65.6 Å². The van der Waals surface area contributed by atoms with Crippen molar-refractivity contribution in [2.45, 2.75) is 75.4 Å². The highest BCUT2D eigenvalue weighted by Crippen LogP contribution is 2.30. The van der Waals surface area contributed by atoms with Crippen molar-refractivity contribution in [2.75, 3.05) is 13.1 Å². The normalized spacial score (nSPS) is 20.1. The van der Waals surface area contributed by atoms with Gasteiger partial charge in [-0.1, -0.05) is 43.3 Å². The van der Waals surface area contributed by atoms with E-state index >= 15 is 0 Å². The fraction of sp³-hybridized carbons (Fsp3) is 0.560. The topological polar surface area (TPSA) is 152 Å². The van der Waals surface area contributed by atoms with Gasteiger partial charge in [-0.15, -0.1) is 0 Å². The number of aromatic nitrogens is 2. The van der Waals surface area contributed by atoms with Crippen LogP contribution in [0.4, 0.5) is 0 Å². The van der Waals surface area contributed by atoms with Crippen molar-refractivity contribution >= 4 is 27.6 Å². The van der Waals surface area contributed by atoms with E-state index in [9.17, 15) is 22.8 Å². The number of aryl methyl sites for hydroxylation is 1. The lowest BCUT2D eigenvalue weighted by Gasteiger charge is -2.34. The highest BCUT2D eigenvalue weighted by molar-refractivity contribution is 7.89. The first-order valence-electron chi connectivity index (χ1n) is 12.7. The van der Waals surface area contributed by atoms with Crippen LogP contribution in [0, 0.1) is 12.8 Å². The van der Waals surface area contributed by atoms with Crippen LogP contribution >= 0.6 is 0 Å². The molecule has 2 amide bonds. The lowest BCUT2D eigenvalue weighted by Crippen LogP contribution is -2.57. The number of nitrogens with zero attached hydrogens (tertiary/aromatic N) is 3. The zero-order chi connectivity index (χ0) is 26.4. The summed E-state index contributed by atoms with van der Waals surface area (Å²) < 4.78 is 33.2. The van der Waals surface area contributed by atoms with Gasteiger partial charge in [-0.25, -0.2) is 9.29 Å².